The first-order valence-corrected chi connectivity index (χ1v) is 4.45. The molecule has 0 amide bonds. The summed E-state index contributed by atoms with van der Waals surface area (Å²) >= 11 is 1.54. The molecule has 1 rings (SSSR count). The zero-order valence-corrected chi connectivity index (χ0v) is 8.90. The Hall–Kier alpha value is -1.16. The molecule has 0 aliphatic heterocycles. The van der Waals surface area contributed by atoms with Gasteiger partial charge in [-0.2, -0.15) is 5.26 Å². The third kappa shape index (κ3) is 2.66. The minimum atomic E-state index is -0.323. The van der Waals surface area contributed by atoms with Crippen LogP contribution in [0.2, 0.25) is 0 Å². The van der Waals surface area contributed by atoms with E-state index in [0.717, 1.165) is 0 Å². The highest BCUT2D eigenvalue weighted by Crippen LogP contribution is 2.09. The van der Waals surface area contributed by atoms with Crippen molar-refractivity contribution in [1.82, 2.24) is 4.98 Å². The molecule has 0 N–H and O–H groups in total. The molecule has 13 heavy (non-hydrogen) atoms. The van der Waals surface area contributed by atoms with Gasteiger partial charge in [0.15, 0.2) is 0 Å². The third-order valence-corrected chi connectivity index (χ3v) is 1.82. The quantitative estimate of drug-likeness (QED) is 0.360. The molecule has 0 fully saturated rings. The Morgan fingerprint density at radius 1 is 1.85 bits per heavy atom. The number of hydrogen-bond donors (Lipinski definition) is 0. The molecule has 0 aliphatic rings. The van der Waals surface area contributed by atoms with E-state index in [2.05, 4.69) is 4.98 Å². The summed E-state index contributed by atoms with van der Waals surface area (Å²) in [7, 11) is 0. The largest absolute Gasteiger partial charge is 0.445 e. The second kappa shape index (κ2) is 4.18. The molecule has 4 nitrogen and oxygen atoms in total. The van der Waals surface area contributed by atoms with Crippen LogP contribution in [0.3, 0.4) is 0 Å². The Morgan fingerprint density at radius 2 is 2.54 bits per heavy atom. The van der Waals surface area contributed by atoms with Gasteiger partial charge in [0.25, 0.3) is 0 Å². The first-order valence-electron chi connectivity index (χ1n) is 3.37. The number of rotatable bonds is 2. The Morgan fingerprint density at radius 3 is 2.92 bits per heavy atom. The Balaban J connectivity index is 3.00. The maximum Gasteiger partial charge on any atom is 0.233 e. The molecule has 0 saturated heterocycles. The lowest BCUT2D eigenvalue weighted by atomic mass is 10.3. The van der Waals surface area contributed by atoms with Crippen molar-refractivity contribution in [1.29, 1.82) is 5.26 Å². The van der Waals surface area contributed by atoms with Gasteiger partial charge in [0.2, 0.25) is 9.68 Å². The minimum absolute atomic E-state index is 0.0300. The average molecular weight is 288 g/mol. The number of aryl methyl sites for hydroxylation is 1. The summed E-state index contributed by atoms with van der Waals surface area (Å²) in [5, 5.41) is 8.55. The van der Waals surface area contributed by atoms with Gasteiger partial charge in [-0.15, -0.1) is 0 Å². The van der Waals surface area contributed by atoms with E-state index in [0.29, 0.717) is 5.69 Å². The lowest BCUT2D eigenvalue weighted by Crippen LogP contribution is -1.88. The van der Waals surface area contributed by atoms with Crippen LogP contribution in [0.25, 0.3) is 6.08 Å². The highest BCUT2D eigenvalue weighted by Gasteiger charge is 2.06. The lowest BCUT2D eigenvalue weighted by Gasteiger charge is -1.85. The molecule has 0 radical (unpaired) electrons. The van der Waals surface area contributed by atoms with Crippen molar-refractivity contribution < 1.29 is 9.21 Å². The fraction of sp³-hybridized carbons (Fsp3) is 0.125. The molecule has 0 unspecified atom stereocenters. The van der Waals surface area contributed by atoms with Crippen molar-refractivity contribution in [3.8, 4) is 6.07 Å². The summed E-state index contributed by atoms with van der Waals surface area (Å²) in [5.41, 5.74) is 0.742. The molecule has 1 aromatic heterocycles. The normalized spacial score (nSPS) is 11.0. The zero-order valence-electron chi connectivity index (χ0n) is 6.74. The van der Waals surface area contributed by atoms with E-state index < -0.39 is 0 Å². The second-order valence-electron chi connectivity index (χ2n) is 2.27. The molecule has 0 aliphatic carbocycles. The van der Waals surface area contributed by atoms with E-state index in [1.165, 1.54) is 34.9 Å². The molecule has 0 spiro atoms. The van der Waals surface area contributed by atoms with E-state index in [1.807, 2.05) is 0 Å². The van der Waals surface area contributed by atoms with Crippen LogP contribution in [0.4, 0.5) is 0 Å². The van der Waals surface area contributed by atoms with Crippen molar-refractivity contribution in [3.05, 3.63) is 23.4 Å². The van der Waals surface area contributed by atoms with Crippen molar-refractivity contribution in [2.45, 2.75) is 6.92 Å². The minimum Gasteiger partial charge on any atom is -0.445 e. The summed E-state index contributed by atoms with van der Waals surface area (Å²) in [6, 6.07) is 1.76. The zero-order chi connectivity index (χ0) is 9.84. The molecule has 1 aromatic rings. The lowest BCUT2D eigenvalue weighted by molar-refractivity contribution is -0.106. The topological polar surface area (TPSA) is 66.9 Å². The van der Waals surface area contributed by atoms with Crippen LogP contribution in [-0.2, 0) is 4.79 Å². The molecule has 0 aromatic carbocycles. The van der Waals surface area contributed by atoms with Gasteiger partial charge < -0.3 is 4.42 Å². The van der Waals surface area contributed by atoms with Gasteiger partial charge in [-0.1, -0.05) is 0 Å². The van der Waals surface area contributed by atoms with Gasteiger partial charge in [0.1, 0.15) is 17.9 Å². The monoisotopic (exact) mass is 288 g/mol. The molecule has 1 heterocycles. The van der Waals surface area contributed by atoms with Crippen LogP contribution in [-0.4, -0.2) is 8.77 Å². The van der Waals surface area contributed by atoms with Gasteiger partial charge in [-0.05, 0) is 6.92 Å². The highest BCUT2D eigenvalue weighted by molar-refractivity contribution is 14.1. The van der Waals surface area contributed by atoms with Gasteiger partial charge in [-0.25, -0.2) is 4.98 Å². The number of halogens is 1. The van der Waals surface area contributed by atoms with Gasteiger partial charge in [0, 0.05) is 28.7 Å². The van der Waals surface area contributed by atoms with Crippen LogP contribution < -0.4 is 0 Å². The fourth-order valence-electron chi connectivity index (χ4n) is 0.695. The van der Waals surface area contributed by atoms with E-state index >= 15 is 0 Å². The number of hydrogen-bond acceptors (Lipinski definition) is 4. The summed E-state index contributed by atoms with van der Waals surface area (Å²) in [6.45, 7) is 1.76. The van der Waals surface area contributed by atoms with E-state index in [4.69, 9.17) is 9.68 Å². The first-order chi connectivity index (χ1) is 6.13. The molecule has 0 atom stereocenters. The number of allylic oxidation sites excluding steroid dienone is 1. The SMILES string of the molecule is Cc1coc(/C=C(\C#N)C(=O)I)n1. The summed E-state index contributed by atoms with van der Waals surface area (Å²) in [4.78, 5) is 14.7. The number of nitrogens with zero attached hydrogens (tertiary/aromatic N) is 2. The Kier molecular flexibility index (Phi) is 3.19. The van der Waals surface area contributed by atoms with Gasteiger partial charge in [-0.3, -0.25) is 4.79 Å². The van der Waals surface area contributed by atoms with E-state index in [-0.39, 0.29) is 15.3 Å². The standard InChI is InChI=1S/C8H5IN2O2/c1-5-4-13-7(11-5)2-6(3-10)8(9)12/h2,4H,1H3/b6-2+. The van der Waals surface area contributed by atoms with E-state index in [1.54, 1.807) is 13.0 Å². The van der Waals surface area contributed by atoms with Crippen LogP contribution in [0.5, 0.6) is 0 Å². The van der Waals surface area contributed by atoms with Gasteiger partial charge in [0.05, 0.1) is 5.69 Å². The molecule has 66 valence electrons. The number of nitriles is 1. The first kappa shape index (κ1) is 9.92. The predicted molar refractivity (Wildman–Crippen MR) is 53.9 cm³/mol. The number of carbonyl (C=O) groups is 1. The van der Waals surface area contributed by atoms with Crippen molar-refractivity contribution in [3.63, 3.8) is 0 Å². The number of oxazole rings is 1. The smallest absolute Gasteiger partial charge is 0.233 e. The highest BCUT2D eigenvalue weighted by atomic mass is 127. The number of aromatic nitrogens is 1. The molecular formula is C8H5IN2O2. The molecule has 0 bridgehead atoms. The van der Waals surface area contributed by atoms with Crippen LogP contribution in [0, 0.1) is 18.3 Å². The summed E-state index contributed by atoms with van der Waals surface area (Å²) in [5.74, 6) is 0.277. The summed E-state index contributed by atoms with van der Waals surface area (Å²) in [6.07, 6.45) is 2.78. The Bertz CT molecular complexity index is 401. The maximum absolute atomic E-state index is 10.8. The molecular weight excluding hydrogens is 283 g/mol. The Labute approximate surface area is 88.4 Å². The van der Waals surface area contributed by atoms with Crippen LogP contribution in [0.15, 0.2) is 16.3 Å². The maximum atomic E-state index is 10.8. The van der Waals surface area contributed by atoms with Crippen LogP contribution in [0.1, 0.15) is 11.6 Å². The molecule has 0 saturated carbocycles. The third-order valence-electron chi connectivity index (χ3n) is 1.24. The predicted octanol–water partition coefficient (Wildman–Crippen LogP) is 1.85. The number of carbonyl (C=O) groups excluding carboxylic acids is 1. The molecule has 5 heteroatoms. The van der Waals surface area contributed by atoms with E-state index in [9.17, 15) is 4.79 Å². The fourth-order valence-corrected chi connectivity index (χ4v) is 0.971. The van der Waals surface area contributed by atoms with Gasteiger partial charge >= 0.3 is 0 Å². The average Bonchev–Trinajstić information content (AvgIpc) is 2.46. The van der Waals surface area contributed by atoms with Crippen molar-refractivity contribution >= 4 is 32.5 Å². The van der Waals surface area contributed by atoms with Crippen LogP contribution >= 0.6 is 22.6 Å². The van der Waals surface area contributed by atoms with Crippen molar-refractivity contribution in [2.24, 2.45) is 0 Å². The summed E-state index contributed by atoms with van der Waals surface area (Å²) < 4.78 is 4.63. The van der Waals surface area contributed by atoms with Crippen molar-refractivity contribution in [2.75, 3.05) is 0 Å². The second-order valence-corrected chi connectivity index (χ2v) is 3.25.